The second-order valence-electron chi connectivity index (χ2n) is 7.38. The molecule has 0 aliphatic carbocycles. The van der Waals surface area contributed by atoms with Gasteiger partial charge >= 0.3 is 0 Å². The van der Waals surface area contributed by atoms with E-state index in [-0.39, 0.29) is 42.2 Å². The minimum atomic E-state index is -0.244. The number of aromatic amines is 1. The summed E-state index contributed by atoms with van der Waals surface area (Å²) in [7, 11) is 1.68. The van der Waals surface area contributed by atoms with Crippen molar-refractivity contribution in [3.8, 4) is 0 Å². The number of para-hydroxylation sites is 1. The van der Waals surface area contributed by atoms with Crippen LogP contribution in [0.15, 0.2) is 53.7 Å². The van der Waals surface area contributed by atoms with E-state index in [1.165, 1.54) is 11.6 Å². The fraction of sp³-hybridized carbons (Fsp3) is 0.304. The summed E-state index contributed by atoms with van der Waals surface area (Å²) in [5.41, 5.74) is 4.18. The molecule has 2 heterocycles. The molecular weight excluding hydrogens is 508 g/mol. The van der Waals surface area contributed by atoms with Gasteiger partial charge in [0.05, 0.1) is 6.54 Å². The van der Waals surface area contributed by atoms with Gasteiger partial charge in [-0.15, -0.1) is 24.0 Å². The summed E-state index contributed by atoms with van der Waals surface area (Å²) in [6, 6.07) is 12.8. The third-order valence-corrected chi connectivity index (χ3v) is 5.46. The number of aliphatic imine (C=N–C) groups is 1. The summed E-state index contributed by atoms with van der Waals surface area (Å²) >= 11 is 0. The molecular formula is C23H27FIN5O. The number of amides is 1. The SMILES string of the molecule is CN=C(NCCc1c[nH]c2ccc(F)cc12)NCC(=O)N1CCCc2ccccc21.I. The van der Waals surface area contributed by atoms with E-state index in [0.29, 0.717) is 18.9 Å². The Morgan fingerprint density at radius 1 is 1.23 bits per heavy atom. The summed E-state index contributed by atoms with van der Waals surface area (Å²) < 4.78 is 13.5. The molecule has 0 radical (unpaired) electrons. The number of fused-ring (bicyclic) bond motifs is 2. The second kappa shape index (κ2) is 10.6. The van der Waals surface area contributed by atoms with Crippen LogP contribution in [-0.4, -0.2) is 43.5 Å². The van der Waals surface area contributed by atoms with Crippen molar-refractivity contribution in [2.45, 2.75) is 19.3 Å². The third kappa shape index (κ3) is 5.36. The quantitative estimate of drug-likeness (QED) is 0.266. The highest BCUT2D eigenvalue weighted by molar-refractivity contribution is 14.0. The maximum Gasteiger partial charge on any atom is 0.246 e. The van der Waals surface area contributed by atoms with Crippen molar-refractivity contribution >= 4 is 52.4 Å². The normalized spacial score (nSPS) is 13.5. The predicted molar refractivity (Wildman–Crippen MR) is 134 cm³/mol. The number of carbonyl (C=O) groups excluding carboxylic acids is 1. The van der Waals surface area contributed by atoms with Gasteiger partial charge in [0.15, 0.2) is 5.96 Å². The average Bonchev–Trinajstić information content (AvgIpc) is 3.17. The number of guanidine groups is 1. The lowest BCUT2D eigenvalue weighted by atomic mass is 10.0. The Morgan fingerprint density at radius 3 is 2.90 bits per heavy atom. The van der Waals surface area contributed by atoms with Crippen molar-refractivity contribution in [3.05, 3.63) is 65.6 Å². The Morgan fingerprint density at radius 2 is 2.06 bits per heavy atom. The van der Waals surface area contributed by atoms with Crippen LogP contribution in [0, 0.1) is 5.82 Å². The van der Waals surface area contributed by atoms with E-state index in [4.69, 9.17) is 0 Å². The molecule has 0 atom stereocenters. The van der Waals surface area contributed by atoms with Crippen molar-refractivity contribution in [1.29, 1.82) is 0 Å². The van der Waals surface area contributed by atoms with Gasteiger partial charge in [0.25, 0.3) is 0 Å². The minimum Gasteiger partial charge on any atom is -0.361 e. The molecule has 0 saturated heterocycles. The molecule has 0 saturated carbocycles. The van der Waals surface area contributed by atoms with Crippen molar-refractivity contribution in [2.75, 3.05) is 31.6 Å². The van der Waals surface area contributed by atoms with Crippen LogP contribution < -0.4 is 15.5 Å². The van der Waals surface area contributed by atoms with Gasteiger partial charge in [-0.25, -0.2) is 4.39 Å². The van der Waals surface area contributed by atoms with E-state index in [1.54, 1.807) is 19.2 Å². The lowest BCUT2D eigenvalue weighted by Crippen LogP contribution is -2.46. The maximum atomic E-state index is 13.5. The van der Waals surface area contributed by atoms with Gasteiger partial charge in [-0.1, -0.05) is 18.2 Å². The van der Waals surface area contributed by atoms with Gasteiger partial charge in [0.1, 0.15) is 5.82 Å². The van der Waals surface area contributed by atoms with Gasteiger partial charge in [-0.3, -0.25) is 9.79 Å². The van der Waals surface area contributed by atoms with Gasteiger partial charge in [0, 0.05) is 42.9 Å². The zero-order chi connectivity index (χ0) is 20.9. The molecule has 2 aromatic carbocycles. The molecule has 3 N–H and O–H groups in total. The molecule has 1 aliphatic heterocycles. The maximum absolute atomic E-state index is 13.5. The van der Waals surface area contributed by atoms with Gasteiger partial charge in [0.2, 0.25) is 5.91 Å². The number of aryl methyl sites for hydroxylation is 1. The highest BCUT2D eigenvalue weighted by atomic mass is 127. The van der Waals surface area contributed by atoms with Crippen LogP contribution in [-0.2, 0) is 17.6 Å². The molecule has 0 unspecified atom stereocenters. The van der Waals surface area contributed by atoms with E-state index < -0.39 is 0 Å². The minimum absolute atomic E-state index is 0. The number of halogens is 2. The number of anilines is 1. The second-order valence-corrected chi connectivity index (χ2v) is 7.38. The van der Waals surface area contributed by atoms with E-state index >= 15 is 0 Å². The first kappa shape index (κ1) is 23.1. The number of nitrogens with one attached hydrogen (secondary N) is 3. The topological polar surface area (TPSA) is 72.5 Å². The molecule has 1 amide bonds. The number of H-pyrrole nitrogens is 1. The fourth-order valence-electron chi connectivity index (χ4n) is 3.94. The van der Waals surface area contributed by atoms with Crippen LogP contribution >= 0.6 is 24.0 Å². The Balaban J connectivity index is 0.00000272. The van der Waals surface area contributed by atoms with Crippen molar-refractivity contribution in [3.63, 3.8) is 0 Å². The molecule has 0 spiro atoms. The first-order chi connectivity index (χ1) is 14.7. The lowest BCUT2D eigenvalue weighted by molar-refractivity contribution is -0.117. The van der Waals surface area contributed by atoms with E-state index in [1.807, 2.05) is 29.3 Å². The number of rotatable bonds is 5. The Labute approximate surface area is 198 Å². The number of hydrogen-bond acceptors (Lipinski definition) is 2. The summed E-state index contributed by atoms with van der Waals surface area (Å²) in [5, 5.41) is 7.22. The van der Waals surface area contributed by atoms with Crippen LogP contribution in [0.1, 0.15) is 17.5 Å². The Bertz CT molecular complexity index is 1080. The number of benzene rings is 2. The zero-order valence-electron chi connectivity index (χ0n) is 17.5. The van der Waals surface area contributed by atoms with Gasteiger partial charge in [-0.05, 0) is 54.7 Å². The lowest BCUT2D eigenvalue weighted by Gasteiger charge is -2.29. The standard InChI is InChI=1S/C23H26FN5O.HI/c1-25-23(26-11-10-17-14-27-20-9-8-18(24)13-19(17)20)28-15-22(30)29-12-4-6-16-5-2-3-7-21(16)29;/h2-3,5,7-9,13-14,27H,4,6,10-12,15H2,1H3,(H2,25,26,28);1H. The Kier molecular flexibility index (Phi) is 7.89. The summed E-state index contributed by atoms with van der Waals surface area (Å²) in [4.78, 5) is 22.0. The first-order valence-corrected chi connectivity index (χ1v) is 10.2. The molecule has 8 heteroatoms. The largest absolute Gasteiger partial charge is 0.361 e. The fourth-order valence-corrected chi connectivity index (χ4v) is 3.94. The third-order valence-electron chi connectivity index (χ3n) is 5.46. The number of aromatic nitrogens is 1. The number of carbonyl (C=O) groups is 1. The molecule has 6 nitrogen and oxygen atoms in total. The van der Waals surface area contributed by atoms with Crippen molar-refractivity contribution in [2.24, 2.45) is 4.99 Å². The van der Waals surface area contributed by atoms with Crippen LogP contribution in [0.5, 0.6) is 0 Å². The summed E-state index contributed by atoms with van der Waals surface area (Å²) in [6.45, 7) is 1.52. The summed E-state index contributed by atoms with van der Waals surface area (Å²) in [5.74, 6) is 0.350. The zero-order valence-corrected chi connectivity index (χ0v) is 19.8. The molecule has 164 valence electrons. The van der Waals surface area contributed by atoms with Crippen LogP contribution in [0.25, 0.3) is 10.9 Å². The van der Waals surface area contributed by atoms with Crippen molar-refractivity contribution in [1.82, 2.24) is 15.6 Å². The van der Waals surface area contributed by atoms with E-state index in [9.17, 15) is 9.18 Å². The molecule has 1 aromatic heterocycles. The van der Waals surface area contributed by atoms with Gasteiger partial charge < -0.3 is 20.5 Å². The highest BCUT2D eigenvalue weighted by Crippen LogP contribution is 2.26. The molecule has 3 aromatic rings. The molecule has 4 rings (SSSR count). The van der Waals surface area contributed by atoms with Crippen molar-refractivity contribution < 1.29 is 9.18 Å². The molecule has 0 fully saturated rings. The van der Waals surface area contributed by atoms with Crippen LogP contribution in [0.4, 0.5) is 10.1 Å². The van der Waals surface area contributed by atoms with Crippen LogP contribution in [0.2, 0.25) is 0 Å². The van der Waals surface area contributed by atoms with E-state index in [0.717, 1.165) is 41.5 Å². The van der Waals surface area contributed by atoms with Gasteiger partial charge in [-0.2, -0.15) is 0 Å². The smallest absolute Gasteiger partial charge is 0.246 e. The molecule has 0 bridgehead atoms. The molecule has 1 aliphatic rings. The number of hydrogen-bond donors (Lipinski definition) is 3. The monoisotopic (exact) mass is 535 g/mol. The Hall–Kier alpha value is -2.62. The highest BCUT2D eigenvalue weighted by Gasteiger charge is 2.21. The first-order valence-electron chi connectivity index (χ1n) is 10.2. The van der Waals surface area contributed by atoms with Crippen LogP contribution in [0.3, 0.4) is 0 Å². The number of nitrogens with zero attached hydrogens (tertiary/aromatic N) is 2. The summed E-state index contributed by atoms with van der Waals surface area (Å²) in [6.07, 6.45) is 4.59. The average molecular weight is 535 g/mol. The molecule has 31 heavy (non-hydrogen) atoms. The van der Waals surface area contributed by atoms with E-state index in [2.05, 4.69) is 26.7 Å². The predicted octanol–water partition coefficient (Wildman–Crippen LogP) is 3.61.